The first-order chi connectivity index (χ1) is 6.88. The molecule has 0 N–H and O–H groups in total. The first kappa shape index (κ1) is 12.1. The summed E-state index contributed by atoms with van der Waals surface area (Å²) in [6.07, 6.45) is 0. The smallest absolute Gasteiger partial charge is 0.0724 e. The first-order valence-electron chi connectivity index (χ1n) is 5.29. The molecule has 15 heavy (non-hydrogen) atoms. The van der Waals surface area contributed by atoms with Gasteiger partial charge in [0.2, 0.25) is 0 Å². The summed E-state index contributed by atoms with van der Waals surface area (Å²) >= 11 is 0. The summed E-state index contributed by atoms with van der Waals surface area (Å²) < 4.78 is 5.73. The molecule has 0 fully saturated rings. The zero-order chi connectivity index (χ0) is 11.5. The summed E-state index contributed by atoms with van der Waals surface area (Å²) in [6, 6.07) is 8.42. The summed E-state index contributed by atoms with van der Waals surface area (Å²) in [4.78, 5) is 2.10. The lowest BCUT2D eigenvalue weighted by Gasteiger charge is -2.20. The monoisotopic (exact) mass is 207 g/mol. The van der Waals surface area contributed by atoms with Gasteiger partial charge in [-0.05, 0) is 38.5 Å². The van der Waals surface area contributed by atoms with Crippen molar-refractivity contribution in [2.75, 3.05) is 19.0 Å². The number of rotatable bonds is 3. The van der Waals surface area contributed by atoms with Gasteiger partial charge in [0, 0.05) is 19.8 Å². The molecule has 0 aliphatic heterocycles. The van der Waals surface area contributed by atoms with Crippen LogP contribution in [0.25, 0.3) is 0 Å². The van der Waals surface area contributed by atoms with Crippen LogP contribution in [0.2, 0.25) is 0 Å². The van der Waals surface area contributed by atoms with E-state index in [0.29, 0.717) is 6.61 Å². The largest absolute Gasteiger partial charge is 0.378 e. The molecule has 0 atom stereocenters. The van der Waals surface area contributed by atoms with Gasteiger partial charge in [0.05, 0.1) is 12.2 Å². The van der Waals surface area contributed by atoms with Crippen LogP contribution in [0.4, 0.5) is 5.69 Å². The number of hydrogen-bond donors (Lipinski definition) is 0. The van der Waals surface area contributed by atoms with E-state index in [-0.39, 0.29) is 5.60 Å². The maximum Gasteiger partial charge on any atom is 0.0724 e. The molecule has 1 rings (SSSR count). The van der Waals surface area contributed by atoms with Gasteiger partial charge in [-0.15, -0.1) is 0 Å². The van der Waals surface area contributed by atoms with E-state index in [9.17, 15) is 0 Å². The van der Waals surface area contributed by atoms with E-state index < -0.39 is 0 Å². The number of hydrogen-bond acceptors (Lipinski definition) is 2. The second kappa shape index (κ2) is 4.67. The van der Waals surface area contributed by atoms with Gasteiger partial charge in [-0.25, -0.2) is 0 Å². The van der Waals surface area contributed by atoms with Crippen molar-refractivity contribution in [3.63, 3.8) is 0 Å². The highest BCUT2D eigenvalue weighted by atomic mass is 16.5. The highest BCUT2D eigenvalue weighted by Gasteiger charge is 2.10. The molecule has 2 heteroatoms. The average molecular weight is 207 g/mol. The lowest BCUT2D eigenvalue weighted by atomic mass is 10.1. The van der Waals surface area contributed by atoms with Gasteiger partial charge < -0.3 is 9.64 Å². The zero-order valence-electron chi connectivity index (χ0n) is 10.4. The molecule has 0 saturated heterocycles. The van der Waals surface area contributed by atoms with Crippen LogP contribution in [-0.2, 0) is 11.3 Å². The summed E-state index contributed by atoms with van der Waals surface area (Å²) in [7, 11) is 4.09. The van der Waals surface area contributed by atoms with Gasteiger partial charge in [-0.2, -0.15) is 0 Å². The van der Waals surface area contributed by atoms with Crippen LogP contribution in [0.3, 0.4) is 0 Å². The second-order valence-electron chi connectivity index (χ2n) is 4.97. The van der Waals surface area contributed by atoms with Gasteiger partial charge in [0.15, 0.2) is 0 Å². The first-order valence-corrected chi connectivity index (χ1v) is 5.29. The van der Waals surface area contributed by atoms with Gasteiger partial charge >= 0.3 is 0 Å². The Labute approximate surface area is 92.9 Å². The normalized spacial score (nSPS) is 11.5. The molecule has 0 saturated carbocycles. The summed E-state index contributed by atoms with van der Waals surface area (Å²) in [5, 5.41) is 0. The van der Waals surface area contributed by atoms with E-state index in [4.69, 9.17) is 4.74 Å². The van der Waals surface area contributed by atoms with Crippen molar-refractivity contribution in [2.45, 2.75) is 33.0 Å². The van der Waals surface area contributed by atoms with E-state index >= 15 is 0 Å². The second-order valence-corrected chi connectivity index (χ2v) is 4.97. The Balaban J connectivity index is 2.66. The van der Waals surface area contributed by atoms with Crippen LogP contribution >= 0.6 is 0 Å². The van der Waals surface area contributed by atoms with Crippen LogP contribution in [0.15, 0.2) is 24.3 Å². The number of nitrogens with zero attached hydrogens (tertiary/aromatic N) is 1. The Bertz CT molecular complexity index is 313. The molecular weight excluding hydrogens is 186 g/mol. The molecular formula is C13H21NO. The third-order valence-corrected chi connectivity index (χ3v) is 2.10. The van der Waals surface area contributed by atoms with Crippen molar-refractivity contribution >= 4 is 5.69 Å². The van der Waals surface area contributed by atoms with Crippen molar-refractivity contribution in [3.8, 4) is 0 Å². The lowest BCUT2D eigenvalue weighted by Crippen LogP contribution is -2.18. The Morgan fingerprint density at radius 2 is 1.87 bits per heavy atom. The molecule has 0 bridgehead atoms. The van der Waals surface area contributed by atoms with Crippen molar-refractivity contribution in [3.05, 3.63) is 29.8 Å². The minimum absolute atomic E-state index is 0.0753. The Morgan fingerprint density at radius 3 is 2.40 bits per heavy atom. The van der Waals surface area contributed by atoms with E-state index in [1.165, 1.54) is 11.3 Å². The maximum atomic E-state index is 5.73. The van der Waals surface area contributed by atoms with Crippen molar-refractivity contribution in [1.29, 1.82) is 0 Å². The predicted molar refractivity (Wildman–Crippen MR) is 65.3 cm³/mol. The van der Waals surface area contributed by atoms with Crippen molar-refractivity contribution in [1.82, 2.24) is 0 Å². The van der Waals surface area contributed by atoms with E-state index in [2.05, 4.69) is 49.9 Å². The Morgan fingerprint density at radius 1 is 1.20 bits per heavy atom. The topological polar surface area (TPSA) is 12.5 Å². The van der Waals surface area contributed by atoms with Crippen LogP contribution in [0.1, 0.15) is 26.3 Å². The van der Waals surface area contributed by atoms with Crippen LogP contribution in [0, 0.1) is 0 Å². The predicted octanol–water partition coefficient (Wildman–Crippen LogP) is 3.07. The van der Waals surface area contributed by atoms with Crippen LogP contribution in [0.5, 0.6) is 0 Å². The van der Waals surface area contributed by atoms with Gasteiger partial charge in [0.1, 0.15) is 0 Å². The fourth-order valence-electron chi connectivity index (χ4n) is 1.22. The fraction of sp³-hybridized carbons (Fsp3) is 0.538. The van der Waals surface area contributed by atoms with Gasteiger partial charge in [-0.3, -0.25) is 0 Å². The minimum Gasteiger partial charge on any atom is -0.378 e. The molecule has 1 aromatic rings. The molecule has 1 aromatic carbocycles. The average Bonchev–Trinajstić information content (AvgIpc) is 2.14. The van der Waals surface area contributed by atoms with Crippen LogP contribution in [-0.4, -0.2) is 19.7 Å². The summed E-state index contributed by atoms with van der Waals surface area (Å²) in [6.45, 7) is 6.89. The number of ether oxygens (including phenoxy) is 1. The quantitative estimate of drug-likeness (QED) is 0.755. The SMILES string of the molecule is CN(C)c1cccc(COC(C)(C)C)c1. The maximum absolute atomic E-state index is 5.73. The summed E-state index contributed by atoms with van der Waals surface area (Å²) in [5.74, 6) is 0. The zero-order valence-corrected chi connectivity index (χ0v) is 10.4. The molecule has 0 amide bonds. The van der Waals surface area contributed by atoms with E-state index in [1.807, 2.05) is 14.1 Å². The third kappa shape index (κ3) is 4.34. The Kier molecular flexibility index (Phi) is 3.75. The van der Waals surface area contributed by atoms with Gasteiger partial charge in [-0.1, -0.05) is 12.1 Å². The Hall–Kier alpha value is -1.02. The number of anilines is 1. The molecule has 0 unspecified atom stereocenters. The fourth-order valence-corrected chi connectivity index (χ4v) is 1.22. The van der Waals surface area contributed by atoms with Gasteiger partial charge in [0.25, 0.3) is 0 Å². The number of benzene rings is 1. The molecule has 0 aromatic heterocycles. The standard InChI is InChI=1S/C13H21NO/c1-13(2,3)15-10-11-7-6-8-12(9-11)14(4)5/h6-9H,10H2,1-5H3. The van der Waals surface area contributed by atoms with Crippen molar-refractivity contribution in [2.24, 2.45) is 0 Å². The molecule has 0 aliphatic carbocycles. The highest BCUT2D eigenvalue weighted by Crippen LogP contribution is 2.16. The molecule has 84 valence electrons. The van der Waals surface area contributed by atoms with E-state index in [0.717, 1.165) is 0 Å². The minimum atomic E-state index is -0.0753. The summed E-state index contributed by atoms with van der Waals surface area (Å²) in [5.41, 5.74) is 2.36. The van der Waals surface area contributed by atoms with E-state index in [1.54, 1.807) is 0 Å². The molecule has 0 spiro atoms. The third-order valence-electron chi connectivity index (χ3n) is 2.10. The highest BCUT2D eigenvalue weighted by molar-refractivity contribution is 5.46. The molecule has 0 aliphatic rings. The molecule has 0 radical (unpaired) electrons. The van der Waals surface area contributed by atoms with Crippen molar-refractivity contribution < 1.29 is 4.74 Å². The molecule has 2 nitrogen and oxygen atoms in total. The molecule has 0 heterocycles. The lowest BCUT2D eigenvalue weighted by molar-refractivity contribution is -0.0149. The van der Waals surface area contributed by atoms with Crippen LogP contribution < -0.4 is 4.90 Å².